The first-order valence-electron chi connectivity index (χ1n) is 6.42. The molecule has 2 aromatic heterocycles. The van der Waals surface area contributed by atoms with Crippen LogP contribution in [0, 0.1) is 6.92 Å². The van der Waals surface area contributed by atoms with E-state index in [-0.39, 0.29) is 0 Å². The van der Waals surface area contributed by atoms with Crippen LogP contribution in [0.15, 0.2) is 48.8 Å². The highest BCUT2D eigenvalue weighted by molar-refractivity contribution is 6.31. The average Bonchev–Trinajstić information content (AvgIpc) is 2.46. The Labute approximate surface area is 122 Å². The van der Waals surface area contributed by atoms with Gasteiger partial charge < -0.3 is 5.32 Å². The number of nitrogens with zero attached hydrogens (tertiary/aromatic N) is 2. The van der Waals surface area contributed by atoms with Crippen molar-refractivity contribution >= 4 is 28.3 Å². The van der Waals surface area contributed by atoms with Crippen molar-refractivity contribution in [3.8, 4) is 0 Å². The van der Waals surface area contributed by atoms with E-state index in [2.05, 4.69) is 22.2 Å². The SMILES string of the molecule is Cc1cc(NCc2cccnc2)nc2cc(Cl)ccc12. The van der Waals surface area contributed by atoms with Crippen molar-refractivity contribution < 1.29 is 0 Å². The van der Waals surface area contributed by atoms with Crippen molar-refractivity contribution in [2.24, 2.45) is 0 Å². The first kappa shape index (κ1) is 12.9. The molecule has 0 aliphatic rings. The fourth-order valence-corrected chi connectivity index (χ4v) is 2.33. The van der Waals surface area contributed by atoms with E-state index in [1.807, 2.05) is 42.6 Å². The van der Waals surface area contributed by atoms with Crippen LogP contribution >= 0.6 is 11.6 Å². The molecule has 0 spiro atoms. The Kier molecular flexibility index (Phi) is 3.52. The third-order valence-electron chi connectivity index (χ3n) is 3.18. The van der Waals surface area contributed by atoms with Crippen LogP contribution in [0.2, 0.25) is 5.02 Å². The summed E-state index contributed by atoms with van der Waals surface area (Å²) in [5.41, 5.74) is 3.21. The van der Waals surface area contributed by atoms with Gasteiger partial charge in [0.25, 0.3) is 0 Å². The molecule has 3 rings (SSSR count). The fourth-order valence-electron chi connectivity index (χ4n) is 2.16. The number of aromatic nitrogens is 2. The van der Waals surface area contributed by atoms with E-state index in [1.165, 1.54) is 5.56 Å². The van der Waals surface area contributed by atoms with Gasteiger partial charge in [-0.3, -0.25) is 4.98 Å². The first-order chi connectivity index (χ1) is 9.72. The lowest BCUT2D eigenvalue weighted by molar-refractivity contribution is 1.09. The number of fused-ring (bicyclic) bond motifs is 1. The van der Waals surface area contributed by atoms with E-state index in [1.54, 1.807) is 6.20 Å². The summed E-state index contributed by atoms with van der Waals surface area (Å²) in [6.45, 7) is 2.78. The number of aryl methyl sites for hydroxylation is 1. The maximum absolute atomic E-state index is 6.03. The van der Waals surface area contributed by atoms with Crippen molar-refractivity contribution in [2.75, 3.05) is 5.32 Å². The van der Waals surface area contributed by atoms with Crippen LogP contribution in [0.1, 0.15) is 11.1 Å². The zero-order valence-electron chi connectivity index (χ0n) is 11.1. The second-order valence-electron chi connectivity index (χ2n) is 4.70. The van der Waals surface area contributed by atoms with E-state index in [0.717, 1.165) is 22.3 Å². The second-order valence-corrected chi connectivity index (χ2v) is 5.14. The molecule has 0 unspecified atom stereocenters. The van der Waals surface area contributed by atoms with Gasteiger partial charge in [0.2, 0.25) is 0 Å². The summed E-state index contributed by atoms with van der Waals surface area (Å²) in [4.78, 5) is 8.69. The highest BCUT2D eigenvalue weighted by Crippen LogP contribution is 2.23. The molecule has 0 radical (unpaired) electrons. The fraction of sp³-hybridized carbons (Fsp3) is 0.125. The molecule has 0 saturated carbocycles. The zero-order chi connectivity index (χ0) is 13.9. The Morgan fingerprint density at radius 3 is 2.90 bits per heavy atom. The van der Waals surface area contributed by atoms with Crippen LogP contribution in [0.4, 0.5) is 5.82 Å². The number of halogens is 1. The predicted molar refractivity (Wildman–Crippen MR) is 83.1 cm³/mol. The second kappa shape index (κ2) is 5.47. The van der Waals surface area contributed by atoms with Gasteiger partial charge in [-0.1, -0.05) is 23.7 Å². The van der Waals surface area contributed by atoms with Crippen LogP contribution in [-0.2, 0) is 6.54 Å². The highest BCUT2D eigenvalue weighted by atomic mass is 35.5. The Morgan fingerprint density at radius 1 is 1.20 bits per heavy atom. The molecular weight excluding hydrogens is 270 g/mol. The molecule has 100 valence electrons. The quantitative estimate of drug-likeness (QED) is 0.783. The number of pyridine rings is 2. The largest absolute Gasteiger partial charge is 0.366 e. The molecule has 2 heterocycles. The zero-order valence-corrected chi connectivity index (χ0v) is 11.9. The third kappa shape index (κ3) is 2.73. The maximum atomic E-state index is 6.03. The molecule has 0 aliphatic heterocycles. The van der Waals surface area contributed by atoms with Crippen molar-refractivity contribution in [3.05, 3.63) is 64.9 Å². The van der Waals surface area contributed by atoms with Crippen LogP contribution in [0.25, 0.3) is 10.9 Å². The minimum Gasteiger partial charge on any atom is -0.366 e. The van der Waals surface area contributed by atoms with Gasteiger partial charge in [0.05, 0.1) is 5.52 Å². The van der Waals surface area contributed by atoms with Crippen molar-refractivity contribution in [3.63, 3.8) is 0 Å². The lowest BCUT2D eigenvalue weighted by atomic mass is 10.1. The number of rotatable bonds is 3. The molecule has 0 amide bonds. The topological polar surface area (TPSA) is 37.8 Å². The highest BCUT2D eigenvalue weighted by Gasteiger charge is 2.03. The van der Waals surface area contributed by atoms with E-state index >= 15 is 0 Å². The monoisotopic (exact) mass is 283 g/mol. The number of anilines is 1. The Balaban J connectivity index is 1.88. The molecule has 0 saturated heterocycles. The van der Waals surface area contributed by atoms with Crippen molar-refractivity contribution in [2.45, 2.75) is 13.5 Å². The van der Waals surface area contributed by atoms with E-state index in [9.17, 15) is 0 Å². The van der Waals surface area contributed by atoms with Crippen LogP contribution < -0.4 is 5.32 Å². The summed E-state index contributed by atoms with van der Waals surface area (Å²) in [5, 5.41) is 5.15. The smallest absolute Gasteiger partial charge is 0.127 e. The molecule has 3 aromatic rings. The number of hydrogen-bond donors (Lipinski definition) is 1. The van der Waals surface area contributed by atoms with Gasteiger partial charge in [0.15, 0.2) is 0 Å². The minimum atomic E-state index is 0.701. The van der Waals surface area contributed by atoms with Crippen LogP contribution in [-0.4, -0.2) is 9.97 Å². The van der Waals surface area contributed by atoms with Crippen molar-refractivity contribution in [1.29, 1.82) is 0 Å². The number of nitrogens with one attached hydrogen (secondary N) is 1. The lowest BCUT2D eigenvalue weighted by Gasteiger charge is -2.09. The number of benzene rings is 1. The summed E-state index contributed by atoms with van der Waals surface area (Å²) >= 11 is 6.03. The average molecular weight is 284 g/mol. The molecule has 1 aromatic carbocycles. The van der Waals surface area contributed by atoms with Crippen LogP contribution in [0.3, 0.4) is 0 Å². The summed E-state index contributed by atoms with van der Waals surface area (Å²) in [7, 11) is 0. The normalized spacial score (nSPS) is 10.7. The molecule has 0 fully saturated rings. The molecular formula is C16H14ClN3. The Hall–Kier alpha value is -2.13. The third-order valence-corrected chi connectivity index (χ3v) is 3.41. The Morgan fingerprint density at radius 2 is 2.10 bits per heavy atom. The summed E-state index contributed by atoms with van der Waals surface area (Å²) in [6, 6.07) is 11.8. The minimum absolute atomic E-state index is 0.701. The first-order valence-corrected chi connectivity index (χ1v) is 6.80. The molecule has 1 N–H and O–H groups in total. The molecule has 0 atom stereocenters. The standard InChI is InChI=1S/C16H14ClN3/c1-11-7-16(19-10-12-3-2-6-18-9-12)20-15-8-13(17)4-5-14(11)15/h2-9H,10H2,1H3,(H,19,20). The van der Waals surface area contributed by atoms with E-state index in [4.69, 9.17) is 11.6 Å². The van der Waals surface area contributed by atoms with Gasteiger partial charge in [0.1, 0.15) is 5.82 Å². The van der Waals surface area contributed by atoms with Gasteiger partial charge in [0, 0.05) is 29.3 Å². The van der Waals surface area contributed by atoms with E-state index in [0.29, 0.717) is 11.6 Å². The molecule has 3 nitrogen and oxygen atoms in total. The summed E-state index contributed by atoms with van der Waals surface area (Å²) in [5.74, 6) is 0.848. The molecule has 20 heavy (non-hydrogen) atoms. The van der Waals surface area contributed by atoms with Crippen molar-refractivity contribution in [1.82, 2.24) is 9.97 Å². The van der Waals surface area contributed by atoms with Gasteiger partial charge in [-0.25, -0.2) is 4.98 Å². The predicted octanol–water partition coefficient (Wildman–Crippen LogP) is 4.20. The van der Waals surface area contributed by atoms with Gasteiger partial charge in [-0.15, -0.1) is 0 Å². The molecule has 0 bridgehead atoms. The lowest BCUT2D eigenvalue weighted by Crippen LogP contribution is -2.02. The molecule has 0 aliphatic carbocycles. The van der Waals surface area contributed by atoms with Crippen LogP contribution in [0.5, 0.6) is 0 Å². The van der Waals surface area contributed by atoms with E-state index < -0.39 is 0 Å². The van der Waals surface area contributed by atoms with Gasteiger partial charge in [-0.2, -0.15) is 0 Å². The summed E-state index contributed by atoms with van der Waals surface area (Å²) < 4.78 is 0. The Bertz CT molecular complexity index is 741. The summed E-state index contributed by atoms with van der Waals surface area (Å²) in [6.07, 6.45) is 3.61. The maximum Gasteiger partial charge on any atom is 0.127 e. The molecule has 4 heteroatoms. The van der Waals surface area contributed by atoms with Gasteiger partial charge in [-0.05, 0) is 42.3 Å². The van der Waals surface area contributed by atoms with Gasteiger partial charge >= 0.3 is 0 Å². The number of hydrogen-bond acceptors (Lipinski definition) is 3.